The van der Waals surface area contributed by atoms with Gasteiger partial charge in [0.2, 0.25) is 0 Å². The van der Waals surface area contributed by atoms with Gasteiger partial charge in [0.1, 0.15) is 5.69 Å². The molecule has 1 amide bonds. The molecule has 2 N–H and O–H groups in total. The van der Waals surface area contributed by atoms with Crippen LogP contribution in [-0.2, 0) is 0 Å². The molecule has 5 heteroatoms. The van der Waals surface area contributed by atoms with Gasteiger partial charge in [0.25, 0.3) is 5.91 Å². The predicted octanol–water partition coefficient (Wildman–Crippen LogP) is 4.18. The summed E-state index contributed by atoms with van der Waals surface area (Å²) in [6.45, 7) is 6.17. The molecule has 25 heavy (non-hydrogen) atoms. The summed E-state index contributed by atoms with van der Waals surface area (Å²) in [7, 11) is 0. The molecule has 0 aliphatic rings. The third-order valence-corrected chi connectivity index (χ3v) is 4.15. The molecular weight excluding hydrogens is 312 g/mol. The maximum atomic E-state index is 12.4. The van der Waals surface area contributed by atoms with Crippen LogP contribution in [0.5, 0.6) is 0 Å². The third-order valence-electron chi connectivity index (χ3n) is 4.15. The summed E-state index contributed by atoms with van der Waals surface area (Å²) in [6, 6.07) is 19.4. The zero-order valence-electron chi connectivity index (χ0n) is 14.5. The Kier molecular flexibility index (Phi) is 5.14. The number of nitrogens with one attached hydrogen (secondary N) is 2. The van der Waals surface area contributed by atoms with Gasteiger partial charge in [0.05, 0.1) is 5.69 Å². The van der Waals surface area contributed by atoms with Crippen LogP contribution in [0, 0.1) is 0 Å². The molecule has 3 aromatic rings. The first-order valence-electron chi connectivity index (χ1n) is 8.48. The Bertz CT molecular complexity index is 820. The van der Waals surface area contributed by atoms with E-state index in [0.717, 1.165) is 35.7 Å². The van der Waals surface area contributed by atoms with Gasteiger partial charge in [-0.25, -0.2) is 0 Å². The maximum absolute atomic E-state index is 12.4. The van der Waals surface area contributed by atoms with Crippen molar-refractivity contribution in [1.82, 2.24) is 10.2 Å². The molecule has 1 aromatic heterocycles. The van der Waals surface area contributed by atoms with Crippen LogP contribution < -0.4 is 10.2 Å². The SMILES string of the molecule is CCN(CC)c1ccc(NC(=O)c2cc(-c3ccccc3)n[nH]2)cc1. The topological polar surface area (TPSA) is 61.0 Å². The van der Waals surface area contributed by atoms with Crippen molar-refractivity contribution in [2.45, 2.75) is 13.8 Å². The first-order valence-corrected chi connectivity index (χ1v) is 8.48. The van der Waals surface area contributed by atoms with Crippen LogP contribution in [0.15, 0.2) is 60.7 Å². The number of hydrogen-bond donors (Lipinski definition) is 2. The van der Waals surface area contributed by atoms with Crippen molar-refractivity contribution >= 4 is 17.3 Å². The van der Waals surface area contributed by atoms with Crippen LogP contribution in [0.3, 0.4) is 0 Å². The molecular formula is C20H22N4O. The average Bonchev–Trinajstić information content (AvgIpc) is 3.15. The number of benzene rings is 2. The fourth-order valence-electron chi connectivity index (χ4n) is 2.74. The number of anilines is 2. The second-order valence-corrected chi connectivity index (χ2v) is 5.71. The molecule has 0 unspecified atom stereocenters. The van der Waals surface area contributed by atoms with Crippen LogP contribution in [0.25, 0.3) is 11.3 Å². The summed E-state index contributed by atoms with van der Waals surface area (Å²) in [6.07, 6.45) is 0. The van der Waals surface area contributed by atoms with Gasteiger partial charge in [0, 0.05) is 30.0 Å². The van der Waals surface area contributed by atoms with E-state index in [4.69, 9.17) is 0 Å². The lowest BCUT2D eigenvalue weighted by Gasteiger charge is -2.21. The quantitative estimate of drug-likeness (QED) is 0.711. The van der Waals surface area contributed by atoms with Crippen molar-refractivity contribution in [2.24, 2.45) is 0 Å². The lowest BCUT2D eigenvalue weighted by molar-refractivity contribution is 0.102. The van der Waals surface area contributed by atoms with Crippen molar-refractivity contribution in [2.75, 3.05) is 23.3 Å². The van der Waals surface area contributed by atoms with Crippen molar-refractivity contribution in [3.8, 4) is 11.3 Å². The van der Waals surface area contributed by atoms with Crippen LogP contribution in [0.4, 0.5) is 11.4 Å². The molecule has 5 nitrogen and oxygen atoms in total. The molecule has 3 rings (SSSR count). The Morgan fingerprint density at radius 2 is 1.72 bits per heavy atom. The van der Waals surface area contributed by atoms with E-state index in [1.807, 2.05) is 54.6 Å². The number of aromatic nitrogens is 2. The zero-order valence-corrected chi connectivity index (χ0v) is 14.5. The highest BCUT2D eigenvalue weighted by Gasteiger charge is 2.11. The lowest BCUT2D eigenvalue weighted by Crippen LogP contribution is -2.21. The smallest absolute Gasteiger partial charge is 0.273 e. The number of rotatable bonds is 6. The summed E-state index contributed by atoms with van der Waals surface area (Å²) in [4.78, 5) is 14.7. The van der Waals surface area contributed by atoms with Crippen LogP contribution >= 0.6 is 0 Å². The predicted molar refractivity (Wildman–Crippen MR) is 102 cm³/mol. The molecule has 1 heterocycles. The molecule has 0 saturated carbocycles. The van der Waals surface area contributed by atoms with Crippen molar-refractivity contribution in [3.05, 3.63) is 66.4 Å². The summed E-state index contributed by atoms with van der Waals surface area (Å²) < 4.78 is 0. The Labute approximate surface area is 147 Å². The lowest BCUT2D eigenvalue weighted by atomic mass is 10.1. The normalized spacial score (nSPS) is 10.5. The van der Waals surface area contributed by atoms with Crippen molar-refractivity contribution < 1.29 is 4.79 Å². The molecule has 0 atom stereocenters. The highest BCUT2D eigenvalue weighted by atomic mass is 16.1. The zero-order chi connectivity index (χ0) is 17.6. The highest BCUT2D eigenvalue weighted by molar-refractivity contribution is 6.03. The van der Waals surface area contributed by atoms with Gasteiger partial charge in [-0.05, 0) is 44.2 Å². The van der Waals surface area contributed by atoms with Gasteiger partial charge in [-0.15, -0.1) is 0 Å². The highest BCUT2D eigenvalue weighted by Crippen LogP contribution is 2.20. The summed E-state index contributed by atoms with van der Waals surface area (Å²) in [5.41, 5.74) is 4.07. The van der Waals surface area contributed by atoms with Crippen LogP contribution in [-0.4, -0.2) is 29.2 Å². The fraction of sp³-hybridized carbons (Fsp3) is 0.200. The van der Waals surface area contributed by atoms with E-state index in [0.29, 0.717) is 5.69 Å². The van der Waals surface area contributed by atoms with E-state index < -0.39 is 0 Å². The van der Waals surface area contributed by atoms with E-state index in [-0.39, 0.29) is 5.91 Å². The Balaban J connectivity index is 1.69. The Morgan fingerprint density at radius 3 is 2.36 bits per heavy atom. The molecule has 0 bridgehead atoms. The standard InChI is InChI=1S/C20H22N4O/c1-3-24(4-2)17-12-10-16(11-13-17)21-20(25)19-14-18(22-23-19)15-8-6-5-7-9-15/h5-14H,3-4H2,1-2H3,(H,21,25)(H,22,23). The number of amides is 1. The second-order valence-electron chi connectivity index (χ2n) is 5.71. The molecule has 0 fully saturated rings. The van der Waals surface area contributed by atoms with Crippen molar-refractivity contribution in [1.29, 1.82) is 0 Å². The van der Waals surface area contributed by atoms with Gasteiger partial charge in [-0.2, -0.15) is 5.10 Å². The first kappa shape index (κ1) is 16.8. The molecule has 0 aliphatic carbocycles. The van der Waals surface area contributed by atoms with Gasteiger partial charge in [-0.1, -0.05) is 30.3 Å². The second kappa shape index (κ2) is 7.66. The maximum Gasteiger partial charge on any atom is 0.273 e. The average molecular weight is 334 g/mol. The van der Waals surface area contributed by atoms with Crippen LogP contribution in [0.2, 0.25) is 0 Å². The minimum Gasteiger partial charge on any atom is -0.372 e. The number of nitrogens with zero attached hydrogens (tertiary/aromatic N) is 2. The molecule has 0 saturated heterocycles. The number of carbonyl (C=O) groups is 1. The molecule has 0 radical (unpaired) electrons. The van der Waals surface area contributed by atoms with Gasteiger partial charge < -0.3 is 10.2 Å². The minimum absolute atomic E-state index is 0.203. The van der Waals surface area contributed by atoms with E-state index in [2.05, 4.69) is 34.3 Å². The van der Waals surface area contributed by atoms with E-state index in [9.17, 15) is 4.79 Å². The number of hydrogen-bond acceptors (Lipinski definition) is 3. The first-order chi connectivity index (χ1) is 12.2. The molecule has 128 valence electrons. The molecule has 0 spiro atoms. The monoisotopic (exact) mass is 334 g/mol. The molecule has 0 aliphatic heterocycles. The fourth-order valence-corrected chi connectivity index (χ4v) is 2.74. The Hall–Kier alpha value is -3.08. The summed E-state index contributed by atoms with van der Waals surface area (Å²) in [5.74, 6) is -0.203. The van der Waals surface area contributed by atoms with E-state index in [1.165, 1.54) is 0 Å². The summed E-state index contributed by atoms with van der Waals surface area (Å²) in [5, 5.41) is 9.91. The van der Waals surface area contributed by atoms with E-state index >= 15 is 0 Å². The Morgan fingerprint density at radius 1 is 1.04 bits per heavy atom. The number of aromatic amines is 1. The van der Waals surface area contributed by atoms with E-state index in [1.54, 1.807) is 6.07 Å². The minimum atomic E-state index is -0.203. The third kappa shape index (κ3) is 3.88. The van der Waals surface area contributed by atoms with Gasteiger partial charge >= 0.3 is 0 Å². The number of carbonyl (C=O) groups excluding carboxylic acids is 1. The largest absolute Gasteiger partial charge is 0.372 e. The van der Waals surface area contributed by atoms with Gasteiger partial charge in [0.15, 0.2) is 0 Å². The van der Waals surface area contributed by atoms with Gasteiger partial charge in [-0.3, -0.25) is 9.89 Å². The van der Waals surface area contributed by atoms with Crippen molar-refractivity contribution in [3.63, 3.8) is 0 Å². The summed E-state index contributed by atoms with van der Waals surface area (Å²) >= 11 is 0. The number of H-pyrrole nitrogens is 1. The van der Waals surface area contributed by atoms with Crippen LogP contribution in [0.1, 0.15) is 24.3 Å². The molecule has 2 aromatic carbocycles.